The molecule has 0 amide bonds. The maximum atomic E-state index is 6.03. The monoisotopic (exact) mass is 260 g/mol. The van der Waals surface area contributed by atoms with Gasteiger partial charge in [-0.25, -0.2) is 0 Å². The lowest BCUT2D eigenvalue weighted by Gasteiger charge is -2.32. The van der Waals surface area contributed by atoms with Crippen molar-refractivity contribution in [2.24, 2.45) is 5.73 Å². The Balaban J connectivity index is 2.11. The summed E-state index contributed by atoms with van der Waals surface area (Å²) in [6.45, 7) is 5.17. The maximum absolute atomic E-state index is 6.03. The van der Waals surface area contributed by atoms with Gasteiger partial charge in [-0.3, -0.25) is 4.90 Å². The molecule has 0 heterocycles. The SMILES string of the molecule is CC(C)c1ccc(C(CN)N(C)C2CCCC2)cc1. The van der Waals surface area contributed by atoms with E-state index in [1.807, 2.05) is 0 Å². The second-order valence-electron chi connectivity index (χ2n) is 6.18. The number of nitrogens with zero attached hydrogens (tertiary/aromatic N) is 1. The molecule has 2 N–H and O–H groups in total. The molecule has 1 unspecified atom stereocenters. The minimum absolute atomic E-state index is 0.365. The van der Waals surface area contributed by atoms with Gasteiger partial charge < -0.3 is 5.73 Å². The Morgan fingerprint density at radius 3 is 2.11 bits per heavy atom. The third-order valence-corrected chi connectivity index (χ3v) is 4.60. The van der Waals surface area contributed by atoms with E-state index in [4.69, 9.17) is 5.73 Å². The van der Waals surface area contributed by atoms with Crippen LogP contribution in [0, 0.1) is 0 Å². The van der Waals surface area contributed by atoms with Crippen LogP contribution in [0.4, 0.5) is 0 Å². The molecule has 0 bridgehead atoms. The molecule has 1 atom stereocenters. The highest BCUT2D eigenvalue weighted by atomic mass is 15.2. The van der Waals surface area contributed by atoms with Crippen LogP contribution in [0.5, 0.6) is 0 Å². The van der Waals surface area contributed by atoms with E-state index in [-0.39, 0.29) is 0 Å². The quantitative estimate of drug-likeness (QED) is 0.875. The van der Waals surface area contributed by atoms with E-state index in [2.05, 4.69) is 50.1 Å². The molecular weight excluding hydrogens is 232 g/mol. The molecule has 1 aliphatic rings. The summed E-state index contributed by atoms with van der Waals surface area (Å²) in [4.78, 5) is 2.50. The van der Waals surface area contributed by atoms with Crippen molar-refractivity contribution < 1.29 is 0 Å². The Labute approximate surface area is 118 Å². The standard InChI is InChI=1S/C17H28N2/c1-13(2)14-8-10-15(11-9-14)17(12-18)19(3)16-6-4-5-7-16/h8-11,13,16-17H,4-7,12,18H2,1-3H3. The summed E-state index contributed by atoms with van der Waals surface area (Å²) in [5.41, 5.74) is 8.80. The third-order valence-electron chi connectivity index (χ3n) is 4.60. The molecule has 1 aliphatic carbocycles. The van der Waals surface area contributed by atoms with Crippen molar-refractivity contribution in [1.29, 1.82) is 0 Å². The lowest BCUT2D eigenvalue weighted by Crippen LogP contribution is -2.37. The molecule has 1 fully saturated rings. The predicted octanol–water partition coefficient (Wildman–Crippen LogP) is 3.68. The summed E-state index contributed by atoms with van der Waals surface area (Å²) in [5, 5.41) is 0. The van der Waals surface area contributed by atoms with Crippen LogP contribution in [0.3, 0.4) is 0 Å². The van der Waals surface area contributed by atoms with E-state index in [1.165, 1.54) is 36.8 Å². The summed E-state index contributed by atoms with van der Waals surface area (Å²) < 4.78 is 0. The van der Waals surface area contributed by atoms with Crippen molar-refractivity contribution >= 4 is 0 Å². The Hall–Kier alpha value is -0.860. The first-order chi connectivity index (χ1) is 9.13. The van der Waals surface area contributed by atoms with Crippen LogP contribution in [0.15, 0.2) is 24.3 Å². The molecule has 0 saturated heterocycles. The predicted molar refractivity (Wildman–Crippen MR) is 82.3 cm³/mol. The average Bonchev–Trinajstić information content (AvgIpc) is 2.94. The van der Waals surface area contributed by atoms with Crippen molar-refractivity contribution in [1.82, 2.24) is 4.90 Å². The molecule has 0 aromatic heterocycles. The van der Waals surface area contributed by atoms with E-state index in [0.717, 1.165) is 6.04 Å². The van der Waals surface area contributed by atoms with Gasteiger partial charge in [0.05, 0.1) is 0 Å². The van der Waals surface area contributed by atoms with Crippen molar-refractivity contribution in [2.45, 2.75) is 57.5 Å². The minimum Gasteiger partial charge on any atom is -0.329 e. The lowest BCUT2D eigenvalue weighted by atomic mass is 9.97. The van der Waals surface area contributed by atoms with E-state index < -0.39 is 0 Å². The zero-order chi connectivity index (χ0) is 13.8. The van der Waals surface area contributed by atoms with Crippen LogP contribution in [0.1, 0.15) is 62.6 Å². The number of likely N-dealkylation sites (N-methyl/N-ethyl adjacent to an activating group) is 1. The molecular formula is C17H28N2. The molecule has 106 valence electrons. The van der Waals surface area contributed by atoms with Crippen LogP contribution in [-0.4, -0.2) is 24.5 Å². The maximum Gasteiger partial charge on any atom is 0.0470 e. The Morgan fingerprint density at radius 2 is 1.63 bits per heavy atom. The van der Waals surface area contributed by atoms with Gasteiger partial charge in [-0.2, -0.15) is 0 Å². The molecule has 0 spiro atoms. The van der Waals surface area contributed by atoms with Crippen LogP contribution in [-0.2, 0) is 0 Å². The van der Waals surface area contributed by atoms with Gasteiger partial charge in [0.2, 0.25) is 0 Å². The summed E-state index contributed by atoms with van der Waals surface area (Å²) in [5.74, 6) is 0.595. The summed E-state index contributed by atoms with van der Waals surface area (Å²) >= 11 is 0. The molecule has 1 aromatic rings. The first-order valence-electron chi connectivity index (χ1n) is 7.65. The van der Waals surface area contributed by atoms with E-state index in [9.17, 15) is 0 Å². The van der Waals surface area contributed by atoms with Crippen molar-refractivity contribution in [3.05, 3.63) is 35.4 Å². The lowest BCUT2D eigenvalue weighted by molar-refractivity contribution is 0.179. The van der Waals surface area contributed by atoms with Gasteiger partial charge in [0.25, 0.3) is 0 Å². The number of hydrogen-bond acceptors (Lipinski definition) is 2. The molecule has 19 heavy (non-hydrogen) atoms. The van der Waals surface area contributed by atoms with Gasteiger partial charge in [0.15, 0.2) is 0 Å². The number of rotatable bonds is 5. The van der Waals surface area contributed by atoms with Gasteiger partial charge in [0.1, 0.15) is 0 Å². The fourth-order valence-electron chi connectivity index (χ4n) is 3.21. The Morgan fingerprint density at radius 1 is 1.11 bits per heavy atom. The summed E-state index contributed by atoms with van der Waals surface area (Å²) in [6.07, 6.45) is 5.41. The Kier molecular flexibility index (Phi) is 5.00. The van der Waals surface area contributed by atoms with E-state index in [0.29, 0.717) is 18.5 Å². The first kappa shape index (κ1) is 14.5. The summed E-state index contributed by atoms with van der Waals surface area (Å²) in [6, 6.07) is 10.1. The van der Waals surface area contributed by atoms with Crippen LogP contribution in [0.25, 0.3) is 0 Å². The summed E-state index contributed by atoms with van der Waals surface area (Å²) in [7, 11) is 2.24. The molecule has 1 aromatic carbocycles. The largest absolute Gasteiger partial charge is 0.329 e. The van der Waals surface area contributed by atoms with Gasteiger partial charge in [-0.05, 0) is 36.9 Å². The second-order valence-corrected chi connectivity index (χ2v) is 6.18. The molecule has 1 saturated carbocycles. The van der Waals surface area contributed by atoms with E-state index >= 15 is 0 Å². The highest BCUT2D eigenvalue weighted by Crippen LogP contribution is 2.29. The highest BCUT2D eigenvalue weighted by Gasteiger charge is 2.25. The van der Waals surface area contributed by atoms with Crippen molar-refractivity contribution in [3.8, 4) is 0 Å². The zero-order valence-corrected chi connectivity index (χ0v) is 12.6. The second kappa shape index (κ2) is 6.53. The molecule has 2 rings (SSSR count). The first-order valence-corrected chi connectivity index (χ1v) is 7.65. The third kappa shape index (κ3) is 3.37. The number of hydrogen-bond donors (Lipinski definition) is 1. The van der Waals surface area contributed by atoms with Crippen LogP contribution >= 0.6 is 0 Å². The topological polar surface area (TPSA) is 29.3 Å². The van der Waals surface area contributed by atoms with Crippen LogP contribution < -0.4 is 5.73 Å². The number of benzene rings is 1. The highest BCUT2D eigenvalue weighted by molar-refractivity contribution is 5.27. The molecule has 0 aliphatic heterocycles. The van der Waals surface area contributed by atoms with Crippen molar-refractivity contribution in [2.75, 3.05) is 13.6 Å². The van der Waals surface area contributed by atoms with Gasteiger partial charge in [0, 0.05) is 18.6 Å². The molecule has 0 radical (unpaired) electrons. The molecule has 2 nitrogen and oxygen atoms in total. The van der Waals surface area contributed by atoms with Gasteiger partial charge in [-0.15, -0.1) is 0 Å². The minimum atomic E-state index is 0.365. The van der Waals surface area contributed by atoms with Gasteiger partial charge >= 0.3 is 0 Å². The van der Waals surface area contributed by atoms with Crippen LogP contribution in [0.2, 0.25) is 0 Å². The average molecular weight is 260 g/mol. The fourth-order valence-corrected chi connectivity index (χ4v) is 3.21. The zero-order valence-electron chi connectivity index (χ0n) is 12.6. The Bertz CT molecular complexity index is 377. The fraction of sp³-hybridized carbons (Fsp3) is 0.647. The molecule has 2 heteroatoms. The normalized spacial score (nSPS) is 18.4. The number of nitrogens with two attached hydrogens (primary N) is 1. The van der Waals surface area contributed by atoms with E-state index in [1.54, 1.807) is 0 Å². The van der Waals surface area contributed by atoms with Gasteiger partial charge in [-0.1, -0.05) is 51.0 Å². The smallest absolute Gasteiger partial charge is 0.0470 e. The van der Waals surface area contributed by atoms with Crippen molar-refractivity contribution in [3.63, 3.8) is 0 Å².